The summed E-state index contributed by atoms with van der Waals surface area (Å²) in [6, 6.07) is 0.973. The fourth-order valence-corrected chi connectivity index (χ4v) is 3.76. The van der Waals surface area contributed by atoms with Gasteiger partial charge < -0.3 is 4.90 Å². The number of piperidine rings is 1. The molecule has 90 valence electrons. The van der Waals surface area contributed by atoms with Gasteiger partial charge in [0.1, 0.15) is 0 Å². The van der Waals surface area contributed by atoms with Crippen LogP contribution in [0.4, 0.5) is 0 Å². The first-order chi connectivity index (χ1) is 7.88. The zero-order chi connectivity index (χ0) is 10.8. The second-order valence-corrected chi connectivity index (χ2v) is 6.17. The molecule has 0 amide bonds. The van der Waals surface area contributed by atoms with E-state index in [0.717, 1.165) is 11.5 Å². The summed E-state index contributed by atoms with van der Waals surface area (Å²) < 4.78 is 0. The molecule has 1 heterocycles. The molecule has 3 rings (SSSR count). The molecule has 0 aromatic carbocycles. The molecule has 0 unspecified atom stereocenters. The van der Waals surface area contributed by atoms with E-state index in [1.807, 2.05) is 0 Å². The minimum Gasteiger partial charge on any atom is -0.300 e. The van der Waals surface area contributed by atoms with Gasteiger partial charge >= 0.3 is 0 Å². The molecule has 0 radical (unpaired) electrons. The van der Waals surface area contributed by atoms with E-state index in [0.29, 0.717) is 0 Å². The Hall–Kier alpha value is -0.300. The van der Waals surface area contributed by atoms with Crippen LogP contribution in [0.2, 0.25) is 0 Å². The fourth-order valence-electron chi connectivity index (χ4n) is 3.76. The summed E-state index contributed by atoms with van der Waals surface area (Å²) in [6.45, 7) is 2.79. The van der Waals surface area contributed by atoms with Crippen molar-refractivity contribution in [3.8, 4) is 0 Å². The molecule has 0 bridgehead atoms. The first-order valence-electron chi connectivity index (χ1n) is 7.27. The largest absolute Gasteiger partial charge is 0.300 e. The summed E-state index contributed by atoms with van der Waals surface area (Å²) in [5.74, 6) is 0. The molecular formula is C15H25N. The lowest BCUT2D eigenvalue weighted by Gasteiger charge is -2.46. The number of nitrogens with zero attached hydrogens (tertiary/aromatic N) is 1. The fraction of sp³-hybridized carbons (Fsp3) is 0.867. The van der Waals surface area contributed by atoms with Crippen molar-refractivity contribution in [2.75, 3.05) is 13.1 Å². The number of allylic oxidation sites excluding steroid dienone is 2. The van der Waals surface area contributed by atoms with Gasteiger partial charge in [-0.2, -0.15) is 0 Å². The maximum atomic E-state index is 2.78. The van der Waals surface area contributed by atoms with Gasteiger partial charge in [0.05, 0.1) is 0 Å². The highest BCUT2D eigenvalue weighted by molar-refractivity contribution is 4.96. The lowest BCUT2D eigenvalue weighted by molar-refractivity contribution is 0.0360. The van der Waals surface area contributed by atoms with E-state index in [1.165, 1.54) is 70.9 Å². The highest BCUT2D eigenvalue weighted by Gasteiger charge is 2.36. The molecule has 1 aliphatic heterocycles. The molecule has 2 fully saturated rings. The minimum absolute atomic E-state index is 0.726. The molecular weight excluding hydrogens is 194 g/mol. The van der Waals surface area contributed by atoms with Gasteiger partial charge in [-0.3, -0.25) is 0 Å². The monoisotopic (exact) mass is 219 g/mol. The molecule has 3 aliphatic rings. The van der Waals surface area contributed by atoms with Crippen molar-refractivity contribution in [3.63, 3.8) is 0 Å². The van der Waals surface area contributed by atoms with Crippen LogP contribution in [0.25, 0.3) is 0 Å². The first-order valence-corrected chi connectivity index (χ1v) is 7.27. The molecule has 1 saturated carbocycles. The van der Waals surface area contributed by atoms with Gasteiger partial charge in [-0.25, -0.2) is 0 Å². The minimum atomic E-state index is 0.726. The average Bonchev–Trinajstić information content (AvgIpc) is 2.45. The van der Waals surface area contributed by atoms with Gasteiger partial charge in [0.2, 0.25) is 0 Å². The Bertz CT molecular complexity index is 245. The number of rotatable bonds is 1. The number of likely N-dealkylation sites (tertiary alicyclic amines) is 1. The van der Waals surface area contributed by atoms with Crippen LogP contribution in [0.3, 0.4) is 0 Å². The molecule has 0 atom stereocenters. The molecule has 0 N–H and O–H groups in total. The summed E-state index contributed by atoms with van der Waals surface area (Å²) >= 11 is 0. The Balaban J connectivity index is 1.56. The van der Waals surface area contributed by atoms with Crippen molar-refractivity contribution in [2.24, 2.45) is 5.41 Å². The summed E-state index contributed by atoms with van der Waals surface area (Å²) in [7, 11) is 0. The summed E-state index contributed by atoms with van der Waals surface area (Å²) in [5.41, 5.74) is 0.726. The molecule has 2 aliphatic carbocycles. The highest BCUT2D eigenvalue weighted by atomic mass is 15.2. The van der Waals surface area contributed by atoms with Gasteiger partial charge in [0.25, 0.3) is 0 Å². The third-order valence-electron chi connectivity index (χ3n) is 5.30. The molecule has 1 spiro atoms. The van der Waals surface area contributed by atoms with Crippen LogP contribution >= 0.6 is 0 Å². The second-order valence-electron chi connectivity index (χ2n) is 6.17. The molecule has 16 heavy (non-hydrogen) atoms. The van der Waals surface area contributed by atoms with Gasteiger partial charge in [-0.05, 0) is 69.9 Å². The van der Waals surface area contributed by atoms with Crippen LogP contribution < -0.4 is 0 Å². The van der Waals surface area contributed by atoms with Crippen LogP contribution in [0.5, 0.6) is 0 Å². The van der Waals surface area contributed by atoms with Crippen molar-refractivity contribution in [1.29, 1.82) is 0 Å². The normalized spacial score (nSPS) is 31.2. The van der Waals surface area contributed by atoms with Crippen LogP contribution in [0.1, 0.15) is 57.8 Å². The van der Waals surface area contributed by atoms with Crippen molar-refractivity contribution < 1.29 is 0 Å². The zero-order valence-corrected chi connectivity index (χ0v) is 10.5. The molecule has 1 nitrogen and oxygen atoms in total. The third-order valence-corrected chi connectivity index (χ3v) is 5.30. The number of hydrogen-bond donors (Lipinski definition) is 0. The third kappa shape index (κ3) is 2.07. The van der Waals surface area contributed by atoms with Crippen LogP contribution in [-0.2, 0) is 0 Å². The SMILES string of the molecule is C1=CCCC2(CC1)CCN(C1CCC1)CC2. The standard InChI is InChI=1S/C15H25N/c1-2-4-9-15(8-3-1)10-12-16(13-11-15)14-6-5-7-14/h1-2,14H,3-13H2. The maximum absolute atomic E-state index is 2.78. The van der Waals surface area contributed by atoms with E-state index in [-0.39, 0.29) is 0 Å². The lowest BCUT2D eigenvalue weighted by atomic mass is 9.72. The number of hydrogen-bond acceptors (Lipinski definition) is 1. The van der Waals surface area contributed by atoms with Crippen LogP contribution in [-0.4, -0.2) is 24.0 Å². The maximum Gasteiger partial charge on any atom is 0.00952 e. The molecule has 1 saturated heterocycles. The average molecular weight is 219 g/mol. The van der Waals surface area contributed by atoms with E-state index < -0.39 is 0 Å². The Morgan fingerprint density at radius 3 is 2.00 bits per heavy atom. The Morgan fingerprint density at radius 2 is 1.50 bits per heavy atom. The van der Waals surface area contributed by atoms with E-state index >= 15 is 0 Å². The van der Waals surface area contributed by atoms with Gasteiger partial charge in [-0.15, -0.1) is 0 Å². The van der Waals surface area contributed by atoms with Crippen molar-refractivity contribution in [3.05, 3.63) is 12.2 Å². The predicted octanol–water partition coefficient (Wildman–Crippen LogP) is 3.75. The molecule has 1 heteroatoms. The van der Waals surface area contributed by atoms with Crippen LogP contribution in [0.15, 0.2) is 12.2 Å². The lowest BCUT2D eigenvalue weighted by Crippen LogP contribution is -2.47. The Kier molecular flexibility index (Phi) is 3.06. The van der Waals surface area contributed by atoms with Crippen LogP contribution in [0, 0.1) is 5.41 Å². The topological polar surface area (TPSA) is 3.24 Å². The van der Waals surface area contributed by atoms with E-state index in [2.05, 4.69) is 17.1 Å². The quantitative estimate of drug-likeness (QED) is 0.607. The first kappa shape index (κ1) is 10.8. The molecule has 0 aromatic heterocycles. The van der Waals surface area contributed by atoms with Gasteiger partial charge in [-0.1, -0.05) is 18.6 Å². The van der Waals surface area contributed by atoms with Crippen molar-refractivity contribution in [2.45, 2.75) is 63.8 Å². The second kappa shape index (κ2) is 4.52. The summed E-state index contributed by atoms with van der Waals surface area (Å²) in [4.78, 5) is 2.78. The highest BCUT2D eigenvalue weighted by Crippen LogP contribution is 2.43. The van der Waals surface area contributed by atoms with Gasteiger partial charge in [0.15, 0.2) is 0 Å². The van der Waals surface area contributed by atoms with Crippen molar-refractivity contribution >= 4 is 0 Å². The molecule has 0 aromatic rings. The van der Waals surface area contributed by atoms with E-state index in [1.54, 1.807) is 0 Å². The smallest absolute Gasteiger partial charge is 0.00952 e. The van der Waals surface area contributed by atoms with Gasteiger partial charge in [0, 0.05) is 6.04 Å². The van der Waals surface area contributed by atoms with E-state index in [4.69, 9.17) is 0 Å². The zero-order valence-electron chi connectivity index (χ0n) is 10.5. The summed E-state index contributed by atoms with van der Waals surface area (Å²) in [5, 5.41) is 0. The Labute approximate surface area is 99.9 Å². The Morgan fingerprint density at radius 1 is 0.875 bits per heavy atom. The van der Waals surface area contributed by atoms with E-state index in [9.17, 15) is 0 Å². The van der Waals surface area contributed by atoms with Crippen molar-refractivity contribution in [1.82, 2.24) is 4.90 Å². The predicted molar refractivity (Wildman–Crippen MR) is 68.5 cm³/mol. The summed E-state index contributed by atoms with van der Waals surface area (Å²) in [6.07, 6.45) is 17.8.